The van der Waals surface area contributed by atoms with E-state index in [1.807, 2.05) is 0 Å². The summed E-state index contributed by atoms with van der Waals surface area (Å²) in [7, 11) is 0. The van der Waals surface area contributed by atoms with Gasteiger partial charge >= 0.3 is 0 Å². The predicted molar refractivity (Wildman–Crippen MR) is 68.5 cm³/mol. The highest BCUT2D eigenvalue weighted by Gasteiger charge is 2.15. The summed E-state index contributed by atoms with van der Waals surface area (Å²) in [4.78, 5) is 11.7. The molecule has 2 N–H and O–H groups in total. The Kier molecular flexibility index (Phi) is 5.84. The molecule has 0 aromatic heterocycles. The molecule has 0 fully saturated rings. The van der Waals surface area contributed by atoms with Crippen molar-refractivity contribution in [3.8, 4) is 0 Å². The van der Waals surface area contributed by atoms with Gasteiger partial charge in [-0.25, -0.2) is 8.78 Å². The van der Waals surface area contributed by atoms with Crippen molar-refractivity contribution in [3.05, 3.63) is 23.2 Å². The number of benzene rings is 1. The standard InChI is InChI=1S/C11H12ClF2NO2S/c1-6(16)11(17)15-8-4-2-3-7(12)10(8)18-5-9(13)14/h2-4,6,9,16H,5H2,1H3,(H,15,17). The van der Waals surface area contributed by atoms with E-state index in [1.54, 1.807) is 18.2 Å². The molecule has 1 amide bonds. The predicted octanol–water partition coefficient (Wildman–Crippen LogP) is 3.02. The van der Waals surface area contributed by atoms with Gasteiger partial charge in [0.05, 0.1) is 16.5 Å². The molecule has 0 heterocycles. The lowest BCUT2D eigenvalue weighted by Gasteiger charge is -2.13. The van der Waals surface area contributed by atoms with Crippen LogP contribution in [-0.4, -0.2) is 29.3 Å². The second-order valence-corrected chi connectivity index (χ2v) is 4.92. The highest BCUT2D eigenvalue weighted by atomic mass is 35.5. The Bertz CT molecular complexity index is 430. The highest BCUT2D eigenvalue weighted by Crippen LogP contribution is 2.35. The van der Waals surface area contributed by atoms with Gasteiger partial charge in [0.25, 0.3) is 5.91 Å². The van der Waals surface area contributed by atoms with Crippen LogP contribution < -0.4 is 5.32 Å². The van der Waals surface area contributed by atoms with Gasteiger partial charge in [0.2, 0.25) is 6.43 Å². The monoisotopic (exact) mass is 295 g/mol. The van der Waals surface area contributed by atoms with Crippen LogP contribution in [0, 0.1) is 0 Å². The highest BCUT2D eigenvalue weighted by molar-refractivity contribution is 7.99. The molecule has 0 radical (unpaired) electrons. The molecule has 1 rings (SSSR count). The van der Waals surface area contributed by atoms with Crippen molar-refractivity contribution < 1.29 is 18.7 Å². The molecule has 0 spiro atoms. The Morgan fingerprint density at radius 3 is 2.78 bits per heavy atom. The van der Waals surface area contributed by atoms with E-state index < -0.39 is 24.2 Å². The minimum absolute atomic E-state index is 0.282. The molecular weight excluding hydrogens is 284 g/mol. The normalized spacial score (nSPS) is 12.6. The fourth-order valence-corrected chi connectivity index (χ4v) is 2.25. The van der Waals surface area contributed by atoms with Crippen LogP contribution in [0.4, 0.5) is 14.5 Å². The van der Waals surface area contributed by atoms with E-state index in [0.29, 0.717) is 10.6 Å². The van der Waals surface area contributed by atoms with Gasteiger partial charge in [0, 0.05) is 4.90 Å². The molecule has 0 aliphatic heterocycles. The van der Waals surface area contributed by atoms with Crippen LogP contribution in [0.5, 0.6) is 0 Å². The average molecular weight is 296 g/mol. The number of hydrogen-bond acceptors (Lipinski definition) is 3. The van der Waals surface area contributed by atoms with Gasteiger partial charge in [-0.3, -0.25) is 4.79 Å². The van der Waals surface area contributed by atoms with Gasteiger partial charge in [-0.05, 0) is 19.1 Å². The summed E-state index contributed by atoms with van der Waals surface area (Å²) in [6.07, 6.45) is -3.65. The van der Waals surface area contributed by atoms with Crippen molar-refractivity contribution in [2.75, 3.05) is 11.1 Å². The molecule has 1 unspecified atom stereocenters. The lowest BCUT2D eigenvalue weighted by molar-refractivity contribution is -0.123. The number of aliphatic hydroxyl groups excluding tert-OH is 1. The average Bonchev–Trinajstić information content (AvgIpc) is 2.27. The molecule has 18 heavy (non-hydrogen) atoms. The van der Waals surface area contributed by atoms with Crippen LogP contribution in [0.2, 0.25) is 5.02 Å². The lowest BCUT2D eigenvalue weighted by Crippen LogP contribution is -2.24. The van der Waals surface area contributed by atoms with E-state index in [4.69, 9.17) is 16.7 Å². The van der Waals surface area contributed by atoms with Crippen molar-refractivity contribution in [2.45, 2.75) is 24.3 Å². The number of carbonyl (C=O) groups is 1. The van der Waals surface area contributed by atoms with Crippen LogP contribution in [-0.2, 0) is 4.79 Å². The van der Waals surface area contributed by atoms with Gasteiger partial charge < -0.3 is 10.4 Å². The molecule has 3 nitrogen and oxygen atoms in total. The van der Waals surface area contributed by atoms with Crippen molar-refractivity contribution in [2.24, 2.45) is 0 Å². The number of anilines is 1. The fraction of sp³-hybridized carbons (Fsp3) is 0.364. The van der Waals surface area contributed by atoms with Crippen molar-refractivity contribution >= 4 is 35.0 Å². The summed E-state index contributed by atoms with van der Waals surface area (Å²) in [5, 5.41) is 11.8. The topological polar surface area (TPSA) is 49.3 Å². The summed E-state index contributed by atoms with van der Waals surface area (Å²) in [6, 6.07) is 4.68. The zero-order valence-corrected chi connectivity index (χ0v) is 11.1. The van der Waals surface area contributed by atoms with Gasteiger partial charge in [-0.1, -0.05) is 17.7 Å². The first kappa shape index (κ1) is 15.2. The molecule has 1 aromatic carbocycles. The van der Waals surface area contributed by atoms with Gasteiger partial charge in [-0.2, -0.15) is 0 Å². The second kappa shape index (κ2) is 6.92. The molecule has 7 heteroatoms. The van der Waals surface area contributed by atoms with Crippen molar-refractivity contribution in [3.63, 3.8) is 0 Å². The summed E-state index contributed by atoms with van der Waals surface area (Å²) in [6.45, 7) is 1.31. The molecule has 100 valence electrons. The van der Waals surface area contributed by atoms with Gasteiger partial charge in [0.1, 0.15) is 6.10 Å². The number of alkyl halides is 2. The number of hydrogen-bond donors (Lipinski definition) is 2. The number of rotatable bonds is 5. The number of amides is 1. The van der Waals surface area contributed by atoms with Crippen LogP contribution >= 0.6 is 23.4 Å². The number of aliphatic hydroxyl groups is 1. The Hall–Kier alpha value is -0.850. The summed E-state index contributed by atoms with van der Waals surface area (Å²) < 4.78 is 24.4. The summed E-state index contributed by atoms with van der Waals surface area (Å²) in [5.74, 6) is -1.03. The Balaban J connectivity index is 2.89. The first-order valence-electron chi connectivity index (χ1n) is 5.10. The summed E-state index contributed by atoms with van der Waals surface area (Å²) >= 11 is 6.75. The van der Waals surface area contributed by atoms with Crippen molar-refractivity contribution in [1.29, 1.82) is 0 Å². The van der Waals surface area contributed by atoms with E-state index in [2.05, 4.69) is 5.32 Å². The molecule has 0 saturated heterocycles. The molecule has 1 aromatic rings. The Morgan fingerprint density at radius 1 is 1.56 bits per heavy atom. The minimum Gasteiger partial charge on any atom is -0.384 e. The quantitative estimate of drug-likeness (QED) is 0.821. The summed E-state index contributed by atoms with van der Waals surface area (Å²) in [5.41, 5.74) is 0.319. The SMILES string of the molecule is CC(O)C(=O)Nc1cccc(Cl)c1SCC(F)F. The molecule has 0 bridgehead atoms. The van der Waals surface area contributed by atoms with Crippen molar-refractivity contribution in [1.82, 2.24) is 0 Å². The third-order valence-corrected chi connectivity index (χ3v) is 3.53. The molecule has 0 saturated carbocycles. The zero-order chi connectivity index (χ0) is 13.7. The van der Waals surface area contributed by atoms with Gasteiger partial charge in [0.15, 0.2) is 0 Å². The van der Waals surface area contributed by atoms with Gasteiger partial charge in [-0.15, -0.1) is 11.8 Å². The third-order valence-electron chi connectivity index (χ3n) is 1.96. The number of carbonyl (C=O) groups excluding carboxylic acids is 1. The first-order valence-corrected chi connectivity index (χ1v) is 6.46. The van der Waals surface area contributed by atoms with Crippen LogP contribution in [0.25, 0.3) is 0 Å². The fourth-order valence-electron chi connectivity index (χ4n) is 1.14. The first-order chi connectivity index (χ1) is 8.41. The maximum Gasteiger partial charge on any atom is 0.252 e. The maximum absolute atomic E-state index is 12.2. The zero-order valence-electron chi connectivity index (χ0n) is 9.49. The van der Waals surface area contributed by atoms with Crippen LogP contribution in [0.15, 0.2) is 23.1 Å². The largest absolute Gasteiger partial charge is 0.384 e. The Labute approximate surface area is 113 Å². The van der Waals surface area contributed by atoms with Crippen LogP contribution in [0.1, 0.15) is 6.92 Å². The van der Waals surface area contributed by atoms with E-state index >= 15 is 0 Å². The molecule has 1 atom stereocenters. The second-order valence-electron chi connectivity index (χ2n) is 3.48. The van der Waals surface area contributed by atoms with E-state index in [1.165, 1.54) is 6.92 Å². The molecule has 0 aliphatic rings. The van der Waals surface area contributed by atoms with E-state index in [-0.39, 0.29) is 5.02 Å². The van der Waals surface area contributed by atoms with E-state index in [0.717, 1.165) is 11.8 Å². The number of thioether (sulfide) groups is 1. The lowest BCUT2D eigenvalue weighted by atomic mass is 10.3. The number of nitrogens with one attached hydrogen (secondary N) is 1. The third kappa shape index (κ3) is 4.44. The smallest absolute Gasteiger partial charge is 0.252 e. The number of halogens is 3. The van der Waals surface area contributed by atoms with Crippen LogP contribution in [0.3, 0.4) is 0 Å². The molecule has 0 aliphatic carbocycles. The Morgan fingerprint density at radius 2 is 2.22 bits per heavy atom. The van der Waals surface area contributed by atoms with E-state index in [9.17, 15) is 13.6 Å². The minimum atomic E-state index is -2.47. The maximum atomic E-state index is 12.2. The molecular formula is C11H12ClF2NO2S.